The Morgan fingerprint density at radius 2 is 1.39 bits per heavy atom. The molecule has 0 radical (unpaired) electrons. The van der Waals surface area contributed by atoms with Crippen LogP contribution in [0.5, 0.6) is 0 Å². The van der Waals surface area contributed by atoms with Gasteiger partial charge in [-0.2, -0.15) is 0 Å². The molecule has 0 saturated heterocycles. The predicted octanol–water partition coefficient (Wildman–Crippen LogP) is 6.64. The topological polar surface area (TPSA) is 0 Å². The Morgan fingerprint density at radius 3 is 2.08 bits per heavy atom. The molecule has 0 aliphatic heterocycles. The van der Waals surface area contributed by atoms with Gasteiger partial charge in [0.2, 0.25) is 0 Å². The van der Waals surface area contributed by atoms with Crippen molar-refractivity contribution in [2.45, 2.75) is 109 Å². The van der Waals surface area contributed by atoms with Gasteiger partial charge in [0, 0.05) is 0 Å². The molecule has 1 saturated carbocycles. The first-order chi connectivity index (χ1) is 22.6. The first kappa shape index (κ1) is 36.7. The van der Waals surface area contributed by atoms with Gasteiger partial charge in [0.05, 0.1) is 0 Å². The normalized spacial score (nSPS) is 25.2. The second-order valence-corrected chi connectivity index (χ2v) is 23.5. The average molecular weight is 767 g/mol. The van der Waals surface area contributed by atoms with Gasteiger partial charge in [0.25, 0.3) is 0 Å². The van der Waals surface area contributed by atoms with Crippen LogP contribution in [0.1, 0.15) is 129 Å². The van der Waals surface area contributed by atoms with Crippen molar-refractivity contribution in [1.82, 2.24) is 0 Å². The first-order valence-corrected chi connectivity index (χ1v) is 22.2. The summed E-state index contributed by atoms with van der Waals surface area (Å²) in [7, 11) is 0. The monoisotopic (exact) mass is 764 g/mol. The van der Waals surface area contributed by atoms with Crippen LogP contribution < -0.4 is 24.8 Å². The molecule has 0 spiro atoms. The van der Waals surface area contributed by atoms with E-state index in [-0.39, 0.29) is 27.9 Å². The van der Waals surface area contributed by atoms with Crippen LogP contribution in [0, 0.1) is 32.6 Å². The number of hydrogen-bond donors (Lipinski definition) is 0. The van der Waals surface area contributed by atoms with Gasteiger partial charge < -0.3 is 24.8 Å². The van der Waals surface area contributed by atoms with Crippen molar-refractivity contribution in [3.63, 3.8) is 0 Å². The molecule has 0 heterocycles. The minimum absolute atomic E-state index is 0. The van der Waals surface area contributed by atoms with E-state index in [2.05, 4.69) is 128 Å². The van der Waals surface area contributed by atoms with Gasteiger partial charge in [-0.05, 0) is 0 Å². The quantitative estimate of drug-likeness (QED) is 0.220. The van der Waals surface area contributed by atoms with Crippen molar-refractivity contribution < 1.29 is 46.1 Å². The van der Waals surface area contributed by atoms with Crippen LogP contribution in [0.4, 0.5) is 0 Å². The Hall–Kier alpha value is -2.05. The number of halogens is 2. The summed E-state index contributed by atoms with van der Waals surface area (Å²) in [5, 5.41) is 3.03. The van der Waals surface area contributed by atoms with Gasteiger partial charge >= 0.3 is 293 Å². The summed E-state index contributed by atoms with van der Waals surface area (Å²) in [6.07, 6.45) is 13.4. The third-order valence-corrected chi connectivity index (χ3v) is 23.4. The van der Waals surface area contributed by atoms with Crippen LogP contribution in [0.3, 0.4) is 0 Å². The molecule has 0 bridgehead atoms. The molecule has 0 nitrogen and oxygen atoms in total. The molecule has 1 fully saturated rings. The predicted molar refractivity (Wildman–Crippen MR) is 200 cm³/mol. The molecular weight excluding hydrogens is 715 g/mol. The van der Waals surface area contributed by atoms with E-state index in [4.69, 9.17) is 0 Å². The van der Waals surface area contributed by atoms with E-state index in [1.807, 2.05) is 12.1 Å². The van der Waals surface area contributed by atoms with Crippen molar-refractivity contribution >= 4 is 19.6 Å². The summed E-state index contributed by atoms with van der Waals surface area (Å²) < 4.78 is 4.09. The molecule has 5 atom stereocenters. The summed E-state index contributed by atoms with van der Waals surface area (Å²) in [6, 6.07) is 23.3. The van der Waals surface area contributed by atoms with Crippen molar-refractivity contribution in [2.75, 3.05) is 0 Å². The van der Waals surface area contributed by atoms with Crippen molar-refractivity contribution in [3.8, 4) is 11.1 Å². The third-order valence-electron chi connectivity index (χ3n) is 13.7. The van der Waals surface area contributed by atoms with E-state index in [0.717, 1.165) is 6.42 Å². The number of benzene rings is 4. The average Bonchev–Trinajstić information content (AvgIpc) is 3.69. The number of rotatable bonds is 3. The molecule has 4 aromatic carbocycles. The Balaban J connectivity index is 0.00000208. The summed E-state index contributed by atoms with van der Waals surface area (Å²) in [6.45, 7) is 20.3. The van der Waals surface area contributed by atoms with Gasteiger partial charge in [-0.3, -0.25) is 0 Å². The van der Waals surface area contributed by atoms with E-state index in [9.17, 15) is 0 Å². The smallest absolute Gasteiger partial charge is 1.00 e. The fourth-order valence-corrected chi connectivity index (χ4v) is 21.9. The van der Waals surface area contributed by atoms with Crippen molar-refractivity contribution in [3.05, 3.63) is 121 Å². The Morgan fingerprint density at radius 1 is 0.735 bits per heavy atom. The summed E-state index contributed by atoms with van der Waals surface area (Å²) in [4.78, 5) is 0. The molecule has 5 unspecified atom stereocenters. The van der Waals surface area contributed by atoms with Crippen LogP contribution in [-0.2, 0) is 24.4 Å². The van der Waals surface area contributed by atoms with Crippen LogP contribution >= 0.6 is 0 Å². The van der Waals surface area contributed by atoms with Crippen molar-refractivity contribution in [1.29, 1.82) is 0 Å². The van der Waals surface area contributed by atoms with Gasteiger partial charge in [0.1, 0.15) is 0 Å². The maximum Gasteiger partial charge on any atom is -1.00 e. The first-order valence-electron chi connectivity index (χ1n) is 18.5. The zero-order valence-electron chi connectivity index (χ0n) is 30.7. The Bertz CT molecular complexity index is 2040. The molecule has 49 heavy (non-hydrogen) atoms. The fourth-order valence-electron chi connectivity index (χ4n) is 10.7. The minimum Gasteiger partial charge on any atom is -1.00 e. The molecule has 0 aromatic heterocycles. The SMILES string of the molecule is Cc1cc2c(c(C)c1C)C(C)c1c3c(c4ccccc4c1-2)C(C)C(C)C(C)[C]3(C)[Zr+2]([C]1=CC(c2ccccc2)=CC1)=[C]1CCCCC1.[Cl-].[Cl-]. The molecule has 254 valence electrons. The second kappa shape index (κ2) is 13.8. The summed E-state index contributed by atoms with van der Waals surface area (Å²) >= 11 is -2.50. The molecule has 4 aromatic rings. The second-order valence-electron chi connectivity index (χ2n) is 15.8. The minimum atomic E-state index is -2.50. The zero-order chi connectivity index (χ0) is 32.8. The number of aryl methyl sites for hydroxylation is 1. The molecule has 8 rings (SSSR count). The van der Waals surface area contributed by atoms with E-state index in [0.29, 0.717) is 23.7 Å². The van der Waals surface area contributed by atoms with Gasteiger partial charge in [-0.1, -0.05) is 0 Å². The molecule has 4 aliphatic rings. The van der Waals surface area contributed by atoms with Gasteiger partial charge in [0.15, 0.2) is 0 Å². The van der Waals surface area contributed by atoms with Crippen LogP contribution in [0.15, 0.2) is 76.1 Å². The standard InChI is InChI=1S/C29H33.C11H9.C6H10.2ClH.Zr/c1-14-13-24-25(18(5)15(14)2)21(8)28-27-20(7)17(4)16(3)19(6)26(27)22-11-9-10-12-23(22)29(24)28;1-2-6-10(7-3-1)11-8-4-5-9-11;1-2-4-6-5-3-1;;;/h9-13,16-17,19,21H,1-8H3;1-3,6-9H,4H2;1-5H2;2*1H;/q;;;;;+2/p-2. The largest absolute Gasteiger partial charge is 1.00 e. The Labute approximate surface area is 315 Å². The molecular formula is C46H52Cl2Zr. The third kappa shape index (κ3) is 5.42. The molecule has 0 N–H and O–H groups in total. The van der Waals surface area contributed by atoms with E-state index >= 15 is 0 Å². The Kier molecular flexibility index (Phi) is 10.4. The summed E-state index contributed by atoms with van der Waals surface area (Å²) in [5.74, 6) is 2.24. The number of fused-ring (bicyclic) bond motifs is 8. The molecule has 4 aliphatic carbocycles. The fraction of sp³-hybridized carbons (Fsp3) is 0.413. The van der Waals surface area contributed by atoms with Crippen LogP contribution in [0.2, 0.25) is 0 Å². The van der Waals surface area contributed by atoms with E-state index in [1.165, 1.54) is 76.3 Å². The van der Waals surface area contributed by atoms with E-state index in [1.54, 1.807) is 22.3 Å². The van der Waals surface area contributed by atoms with Gasteiger partial charge in [-0.15, -0.1) is 0 Å². The maximum absolute atomic E-state index is 2.82. The number of allylic oxidation sites excluding steroid dienone is 4. The van der Waals surface area contributed by atoms with Gasteiger partial charge in [-0.25, -0.2) is 0 Å². The van der Waals surface area contributed by atoms with Crippen LogP contribution in [0.25, 0.3) is 27.5 Å². The zero-order valence-corrected chi connectivity index (χ0v) is 34.7. The number of hydrogen-bond acceptors (Lipinski definition) is 0. The van der Waals surface area contributed by atoms with Crippen molar-refractivity contribution in [2.24, 2.45) is 11.8 Å². The summed E-state index contributed by atoms with van der Waals surface area (Å²) in [5.41, 5.74) is 17.2. The maximum atomic E-state index is 2.82. The van der Waals surface area contributed by atoms with E-state index < -0.39 is 21.3 Å². The molecule has 0 amide bonds. The molecule has 3 heteroatoms. The van der Waals surface area contributed by atoms with Crippen LogP contribution in [-0.4, -0.2) is 3.21 Å².